The third-order valence-electron chi connectivity index (χ3n) is 3.29. The highest BCUT2D eigenvalue weighted by Gasteiger charge is 2.12. The minimum Gasteiger partial charge on any atom is -0.508 e. The van der Waals surface area contributed by atoms with E-state index >= 15 is 0 Å². The van der Waals surface area contributed by atoms with Crippen LogP contribution in [0.5, 0.6) is 11.5 Å². The summed E-state index contributed by atoms with van der Waals surface area (Å²) >= 11 is 6.24. The van der Waals surface area contributed by atoms with Crippen LogP contribution in [-0.4, -0.2) is 24.3 Å². The summed E-state index contributed by atoms with van der Waals surface area (Å²) in [7, 11) is 3.87. The van der Waals surface area contributed by atoms with Crippen LogP contribution in [0.25, 0.3) is 0 Å². The number of rotatable bonds is 4. The molecule has 3 N–H and O–H groups in total. The van der Waals surface area contributed by atoms with E-state index in [0.29, 0.717) is 10.6 Å². The highest BCUT2D eigenvalue weighted by molar-refractivity contribution is 6.33. The molecule has 21 heavy (non-hydrogen) atoms. The maximum atomic E-state index is 9.88. The summed E-state index contributed by atoms with van der Waals surface area (Å²) in [6.45, 7) is 1.93. The lowest BCUT2D eigenvalue weighted by Gasteiger charge is -2.19. The molecular formula is C16H19ClN2O2. The van der Waals surface area contributed by atoms with Crippen molar-refractivity contribution in [1.82, 2.24) is 0 Å². The first kappa shape index (κ1) is 15.3. The van der Waals surface area contributed by atoms with Crippen molar-refractivity contribution in [3.8, 4) is 11.5 Å². The maximum absolute atomic E-state index is 9.88. The topological polar surface area (TPSA) is 55.7 Å². The lowest BCUT2D eigenvalue weighted by molar-refractivity contribution is 0.444. The monoisotopic (exact) mass is 306 g/mol. The molecule has 4 nitrogen and oxygen atoms in total. The van der Waals surface area contributed by atoms with Gasteiger partial charge < -0.3 is 20.4 Å². The van der Waals surface area contributed by atoms with Gasteiger partial charge in [0.25, 0.3) is 0 Å². The Hall–Kier alpha value is -2.07. The third kappa shape index (κ3) is 3.52. The Kier molecular flexibility index (Phi) is 4.48. The van der Waals surface area contributed by atoms with Gasteiger partial charge in [-0.3, -0.25) is 0 Å². The molecule has 0 saturated carbocycles. The number of benzene rings is 2. The van der Waals surface area contributed by atoms with E-state index in [2.05, 4.69) is 5.32 Å². The zero-order valence-corrected chi connectivity index (χ0v) is 13.0. The SMILES string of the molecule is CC(Nc1ccc(N(C)C)c(Cl)c1)c1ccc(O)cc1O. The Bertz CT molecular complexity index is 644. The number of halogens is 1. The largest absolute Gasteiger partial charge is 0.508 e. The van der Waals surface area contributed by atoms with Crippen LogP contribution in [0, 0.1) is 0 Å². The van der Waals surface area contributed by atoms with Gasteiger partial charge >= 0.3 is 0 Å². The molecule has 0 bridgehead atoms. The summed E-state index contributed by atoms with van der Waals surface area (Å²) in [6, 6.07) is 10.2. The summed E-state index contributed by atoms with van der Waals surface area (Å²) in [5, 5.41) is 23.1. The molecule has 2 aromatic rings. The molecular weight excluding hydrogens is 288 g/mol. The summed E-state index contributed by atoms with van der Waals surface area (Å²) < 4.78 is 0. The van der Waals surface area contributed by atoms with Gasteiger partial charge in [0.1, 0.15) is 11.5 Å². The first-order valence-electron chi connectivity index (χ1n) is 6.63. The smallest absolute Gasteiger partial charge is 0.124 e. The van der Waals surface area contributed by atoms with Gasteiger partial charge in [0.2, 0.25) is 0 Å². The van der Waals surface area contributed by atoms with E-state index in [1.165, 1.54) is 6.07 Å². The second kappa shape index (κ2) is 6.14. The molecule has 2 aromatic carbocycles. The molecule has 0 aromatic heterocycles. The van der Waals surface area contributed by atoms with Crippen molar-refractivity contribution in [3.63, 3.8) is 0 Å². The molecule has 0 aliphatic heterocycles. The van der Waals surface area contributed by atoms with Gasteiger partial charge in [-0.15, -0.1) is 0 Å². The summed E-state index contributed by atoms with van der Waals surface area (Å²) in [6.07, 6.45) is 0. The number of phenols is 2. The molecule has 2 rings (SSSR count). The predicted octanol–water partition coefficient (Wildman–Crippen LogP) is 3.99. The van der Waals surface area contributed by atoms with Crippen LogP contribution >= 0.6 is 11.6 Å². The third-order valence-corrected chi connectivity index (χ3v) is 3.60. The minimum absolute atomic E-state index is 0.0434. The molecule has 0 radical (unpaired) electrons. The van der Waals surface area contributed by atoms with Crippen LogP contribution in [0.3, 0.4) is 0 Å². The Morgan fingerprint density at radius 1 is 1.10 bits per heavy atom. The number of nitrogens with one attached hydrogen (secondary N) is 1. The predicted molar refractivity (Wildman–Crippen MR) is 87.6 cm³/mol. The van der Waals surface area contributed by atoms with Crippen molar-refractivity contribution in [2.75, 3.05) is 24.3 Å². The van der Waals surface area contributed by atoms with Crippen molar-refractivity contribution in [2.24, 2.45) is 0 Å². The van der Waals surface area contributed by atoms with Crippen molar-refractivity contribution in [1.29, 1.82) is 0 Å². The number of hydrogen-bond donors (Lipinski definition) is 3. The molecule has 0 aliphatic carbocycles. The number of phenolic OH excluding ortho intramolecular Hbond substituents is 2. The van der Waals surface area contributed by atoms with E-state index < -0.39 is 0 Å². The van der Waals surface area contributed by atoms with Crippen molar-refractivity contribution >= 4 is 23.0 Å². The quantitative estimate of drug-likeness (QED) is 0.799. The van der Waals surface area contributed by atoms with Gasteiger partial charge in [-0.2, -0.15) is 0 Å². The van der Waals surface area contributed by atoms with Crippen molar-refractivity contribution < 1.29 is 10.2 Å². The minimum atomic E-state index is -0.119. The molecule has 0 spiro atoms. The van der Waals surface area contributed by atoms with E-state index in [9.17, 15) is 10.2 Å². The molecule has 1 unspecified atom stereocenters. The fourth-order valence-corrected chi connectivity index (χ4v) is 2.53. The summed E-state index contributed by atoms with van der Waals surface area (Å²) in [4.78, 5) is 1.95. The van der Waals surface area contributed by atoms with Crippen LogP contribution < -0.4 is 10.2 Å². The van der Waals surface area contributed by atoms with Crippen LogP contribution in [0.15, 0.2) is 36.4 Å². The Morgan fingerprint density at radius 3 is 2.38 bits per heavy atom. The number of hydrogen-bond acceptors (Lipinski definition) is 4. The van der Waals surface area contributed by atoms with Crippen LogP contribution in [-0.2, 0) is 0 Å². The van der Waals surface area contributed by atoms with E-state index in [1.54, 1.807) is 12.1 Å². The highest BCUT2D eigenvalue weighted by Crippen LogP contribution is 2.32. The van der Waals surface area contributed by atoms with Gasteiger partial charge in [0.15, 0.2) is 0 Å². The Labute approximate surface area is 129 Å². The van der Waals surface area contributed by atoms with E-state index in [0.717, 1.165) is 11.4 Å². The summed E-state index contributed by atoms with van der Waals surface area (Å²) in [5.74, 6) is 0.104. The molecule has 0 saturated heterocycles. The lowest BCUT2D eigenvalue weighted by Crippen LogP contribution is -2.10. The zero-order chi connectivity index (χ0) is 15.6. The van der Waals surface area contributed by atoms with E-state index in [4.69, 9.17) is 11.6 Å². The zero-order valence-electron chi connectivity index (χ0n) is 12.3. The van der Waals surface area contributed by atoms with E-state index in [-0.39, 0.29) is 17.5 Å². The Morgan fingerprint density at radius 2 is 1.81 bits per heavy atom. The molecule has 0 heterocycles. The number of aromatic hydroxyl groups is 2. The van der Waals surface area contributed by atoms with Crippen molar-refractivity contribution in [2.45, 2.75) is 13.0 Å². The molecule has 0 aliphatic rings. The van der Waals surface area contributed by atoms with Gasteiger partial charge in [-0.1, -0.05) is 11.6 Å². The van der Waals surface area contributed by atoms with Crippen LogP contribution in [0.2, 0.25) is 5.02 Å². The average molecular weight is 307 g/mol. The number of nitrogens with zero attached hydrogens (tertiary/aromatic N) is 1. The molecule has 5 heteroatoms. The Balaban J connectivity index is 2.19. The van der Waals surface area contributed by atoms with Crippen LogP contribution in [0.4, 0.5) is 11.4 Å². The summed E-state index contributed by atoms with van der Waals surface area (Å²) in [5.41, 5.74) is 2.52. The fraction of sp³-hybridized carbons (Fsp3) is 0.250. The van der Waals surface area contributed by atoms with Crippen LogP contribution in [0.1, 0.15) is 18.5 Å². The second-order valence-corrected chi connectivity index (χ2v) is 5.58. The van der Waals surface area contributed by atoms with Gasteiger partial charge in [0.05, 0.1) is 16.8 Å². The fourth-order valence-electron chi connectivity index (χ4n) is 2.19. The van der Waals surface area contributed by atoms with Gasteiger partial charge in [-0.05, 0) is 37.3 Å². The first-order chi connectivity index (χ1) is 9.88. The normalized spacial score (nSPS) is 12.0. The highest BCUT2D eigenvalue weighted by atomic mass is 35.5. The maximum Gasteiger partial charge on any atom is 0.124 e. The molecule has 0 fully saturated rings. The standard InChI is InChI=1S/C16H19ClN2O2/c1-10(13-6-5-12(20)9-16(13)21)18-11-4-7-15(19(2)3)14(17)8-11/h4-10,18,20-21H,1-3H3. The van der Waals surface area contributed by atoms with Crippen molar-refractivity contribution in [3.05, 3.63) is 47.0 Å². The lowest BCUT2D eigenvalue weighted by atomic mass is 10.1. The average Bonchev–Trinajstić information content (AvgIpc) is 2.37. The molecule has 1 atom stereocenters. The number of anilines is 2. The second-order valence-electron chi connectivity index (χ2n) is 5.17. The molecule has 112 valence electrons. The van der Waals surface area contributed by atoms with Gasteiger partial charge in [-0.25, -0.2) is 0 Å². The van der Waals surface area contributed by atoms with E-state index in [1.807, 2.05) is 44.1 Å². The first-order valence-corrected chi connectivity index (χ1v) is 7.01. The molecule has 0 amide bonds. The van der Waals surface area contributed by atoms with Gasteiger partial charge in [0, 0.05) is 31.4 Å².